The van der Waals surface area contributed by atoms with Gasteiger partial charge in [0, 0.05) is 31.1 Å². The summed E-state index contributed by atoms with van der Waals surface area (Å²) in [7, 11) is 0. The lowest BCUT2D eigenvalue weighted by atomic mass is 10.0. The van der Waals surface area contributed by atoms with Crippen molar-refractivity contribution in [3.05, 3.63) is 39.3 Å². The van der Waals surface area contributed by atoms with Gasteiger partial charge in [0.2, 0.25) is 5.91 Å². The van der Waals surface area contributed by atoms with Gasteiger partial charge in [0.1, 0.15) is 0 Å². The van der Waals surface area contributed by atoms with Crippen LogP contribution in [0.2, 0.25) is 0 Å². The number of aromatic nitrogens is 2. The average molecular weight is 399 g/mol. The molecule has 2 amide bonds. The lowest BCUT2D eigenvalue weighted by Gasteiger charge is -2.33. The zero-order valence-corrected chi connectivity index (χ0v) is 17.2. The minimum atomic E-state index is 0.120. The highest BCUT2D eigenvalue weighted by atomic mass is 32.1. The molecular formula is C21H26N4O2S. The highest BCUT2D eigenvalue weighted by Crippen LogP contribution is 2.40. The van der Waals surface area contributed by atoms with E-state index in [-0.39, 0.29) is 11.8 Å². The second-order valence-corrected chi connectivity index (χ2v) is 9.45. The largest absolute Gasteiger partial charge is 0.342 e. The first-order valence-corrected chi connectivity index (χ1v) is 11.1. The van der Waals surface area contributed by atoms with Crippen LogP contribution in [0.1, 0.15) is 58.7 Å². The summed E-state index contributed by atoms with van der Waals surface area (Å²) < 4.78 is 2.13. The summed E-state index contributed by atoms with van der Waals surface area (Å²) in [5.41, 5.74) is 3.38. The van der Waals surface area contributed by atoms with Crippen LogP contribution in [0.15, 0.2) is 17.6 Å². The molecule has 2 atom stereocenters. The van der Waals surface area contributed by atoms with E-state index < -0.39 is 0 Å². The number of nitrogens with zero attached hydrogens (tertiary/aromatic N) is 4. The lowest BCUT2D eigenvalue weighted by Crippen LogP contribution is -2.40. The van der Waals surface area contributed by atoms with Crippen LogP contribution in [0.4, 0.5) is 0 Å². The molecule has 2 aromatic rings. The number of aryl methyl sites for hydroxylation is 1. The first kappa shape index (κ1) is 17.9. The summed E-state index contributed by atoms with van der Waals surface area (Å²) in [6, 6.07) is 2.32. The fourth-order valence-electron chi connectivity index (χ4n) is 4.60. The third-order valence-corrected chi connectivity index (χ3v) is 7.58. The second-order valence-electron chi connectivity index (χ2n) is 8.53. The van der Waals surface area contributed by atoms with Gasteiger partial charge in [0.05, 0.1) is 29.4 Å². The number of fused-ring (bicyclic) bond motifs is 1. The Balaban J connectivity index is 1.25. The monoisotopic (exact) mass is 398 g/mol. The van der Waals surface area contributed by atoms with E-state index in [0.717, 1.165) is 48.4 Å². The van der Waals surface area contributed by atoms with Gasteiger partial charge < -0.3 is 9.80 Å². The first-order valence-electron chi connectivity index (χ1n) is 10.2. The van der Waals surface area contributed by atoms with E-state index in [4.69, 9.17) is 0 Å². The van der Waals surface area contributed by atoms with Crippen molar-refractivity contribution >= 4 is 23.2 Å². The molecular weight excluding hydrogens is 372 g/mol. The number of hydrogen-bond acceptors (Lipinski definition) is 4. The van der Waals surface area contributed by atoms with Crippen molar-refractivity contribution in [1.82, 2.24) is 19.6 Å². The van der Waals surface area contributed by atoms with Gasteiger partial charge in [0.25, 0.3) is 5.91 Å². The summed E-state index contributed by atoms with van der Waals surface area (Å²) in [5.74, 6) is 1.30. The zero-order chi connectivity index (χ0) is 19.4. The van der Waals surface area contributed by atoms with Crippen LogP contribution in [0.25, 0.3) is 0 Å². The third kappa shape index (κ3) is 2.96. The first-order chi connectivity index (χ1) is 13.5. The smallest absolute Gasteiger partial charge is 0.264 e. The molecule has 7 heteroatoms. The molecule has 6 nitrogen and oxygen atoms in total. The van der Waals surface area contributed by atoms with E-state index in [2.05, 4.69) is 16.7 Å². The molecule has 0 bridgehead atoms. The Bertz CT molecular complexity index is 925. The predicted octanol–water partition coefficient (Wildman–Crippen LogP) is 3.23. The minimum Gasteiger partial charge on any atom is -0.342 e. The Morgan fingerprint density at radius 3 is 2.57 bits per heavy atom. The quantitative estimate of drug-likeness (QED) is 0.798. The summed E-state index contributed by atoms with van der Waals surface area (Å²) in [6.45, 7) is 7.06. The molecule has 2 aliphatic heterocycles. The topological polar surface area (TPSA) is 58.4 Å². The van der Waals surface area contributed by atoms with Gasteiger partial charge >= 0.3 is 0 Å². The van der Waals surface area contributed by atoms with Crippen LogP contribution in [0.3, 0.4) is 0 Å². The number of thiophene rings is 1. The molecule has 0 radical (unpaired) electrons. The van der Waals surface area contributed by atoms with Crippen molar-refractivity contribution in [2.75, 3.05) is 13.1 Å². The molecule has 28 heavy (non-hydrogen) atoms. The van der Waals surface area contributed by atoms with Crippen molar-refractivity contribution in [2.24, 2.45) is 11.8 Å². The van der Waals surface area contributed by atoms with Crippen LogP contribution in [-0.4, -0.2) is 44.5 Å². The maximum atomic E-state index is 12.9. The van der Waals surface area contributed by atoms with E-state index in [1.165, 1.54) is 17.0 Å². The van der Waals surface area contributed by atoms with Gasteiger partial charge in [-0.05, 0) is 49.1 Å². The van der Waals surface area contributed by atoms with E-state index in [0.29, 0.717) is 31.0 Å². The molecule has 1 saturated carbocycles. The van der Waals surface area contributed by atoms with E-state index in [1.54, 1.807) is 0 Å². The number of carbonyl (C=O) groups excluding carboxylic acids is 2. The minimum absolute atomic E-state index is 0.120. The maximum Gasteiger partial charge on any atom is 0.264 e. The van der Waals surface area contributed by atoms with Gasteiger partial charge in [-0.3, -0.25) is 14.3 Å². The van der Waals surface area contributed by atoms with E-state index in [9.17, 15) is 9.59 Å². The normalized spacial score (nSPS) is 24.5. The number of hydrogen-bond donors (Lipinski definition) is 0. The average Bonchev–Trinajstić information content (AvgIpc) is 3.06. The fraction of sp³-hybridized carbons (Fsp3) is 0.571. The Hall–Kier alpha value is -2.15. The zero-order valence-electron chi connectivity index (χ0n) is 16.4. The van der Waals surface area contributed by atoms with Crippen LogP contribution in [0.5, 0.6) is 0 Å². The lowest BCUT2D eigenvalue weighted by molar-refractivity contribution is -0.134. The van der Waals surface area contributed by atoms with Crippen LogP contribution in [-0.2, 0) is 17.9 Å². The highest BCUT2D eigenvalue weighted by Gasteiger charge is 2.42. The van der Waals surface area contributed by atoms with Crippen LogP contribution in [0, 0.1) is 18.8 Å². The van der Waals surface area contributed by atoms with Gasteiger partial charge in [-0.25, -0.2) is 0 Å². The molecule has 0 N–H and O–H groups in total. The van der Waals surface area contributed by atoms with Crippen molar-refractivity contribution in [2.45, 2.75) is 52.2 Å². The Kier molecular flexibility index (Phi) is 4.30. The van der Waals surface area contributed by atoms with Gasteiger partial charge in [0.15, 0.2) is 0 Å². The molecule has 5 rings (SSSR count). The summed E-state index contributed by atoms with van der Waals surface area (Å²) in [6.07, 6.45) is 4.87. The van der Waals surface area contributed by atoms with E-state index >= 15 is 0 Å². The number of amides is 2. The molecule has 1 aliphatic carbocycles. The van der Waals surface area contributed by atoms with Gasteiger partial charge in [-0.2, -0.15) is 5.10 Å². The third-order valence-electron chi connectivity index (χ3n) is 6.58. The molecule has 0 aromatic carbocycles. The number of piperidine rings is 1. The van der Waals surface area contributed by atoms with Crippen LogP contribution >= 0.6 is 11.3 Å². The number of likely N-dealkylation sites (tertiary alicyclic amines) is 1. The summed E-state index contributed by atoms with van der Waals surface area (Å²) in [5, 5.41) is 6.62. The van der Waals surface area contributed by atoms with Crippen molar-refractivity contribution in [1.29, 1.82) is 0 Å². The summed E-state index contributed by atoms with van der Waals surface area (Å²) in [4.78, 5) is 30.1. The Morgan fingerprint density at radius 2 is 1.93 bits per heavy atom. The maximum absolute atomic E-state index is 12.9. The number of rotatable bonds is 3. The molecule has 1 saturated heterocycles. The van der Waals surface area contributed by atoms with Gasteiger partial charge in [-0.1, -0.05) is 6.92 Å². The number of carbonyl (C=O) groups is 2. The molecule has 148 valence electrons. The molecule has 2 aromatic heterocycles. The Morgan fingerprint density at radius 1 is 1.18 bits per heavy atom. The van der Waals surface area contributed by atoms with Crippen molar-refractivity contribution in [3.63, 3.8) is 0 Å². The van der Waals surface area contributed by atoms with Crippen LogP contribution < -0.4 is 0 Å². The SMILES string of the molecule is Cc1ccsc1C(=O)N1Cc2cnn(C3CCN(C(=O)[C@@H]4C[C@H]4C)CC3)c2C1. The molecule has 2 fully saturated rings. The molecule has 0 unspecified atom stereocenters. The van der Waals surface area contributed by atoms with Crippen molar-refractivity contribution < 1.29 is 9.59 Å². The summed E-state index contributed by atoms with van der Waals surface area (Å²) >= 11 is 1.52. The van der Waals surface area contributed by atoms with Gasteiger partial charge in [-0.15, -0.1) is 11.3 Å². The highest BCUT2D eigenvalue weighted by molar-refractivity contribution is 7.12. The molecule has 3 aliphatic rings. The molecule has 4 heterocycles. The fourth-order valence-corrected chi connectivity index (χ4v) is 5.49. The second kappa shape index (κ2) is 6.72. The predicted molar refractivity (Wildman–Crippen MR) is 107 cm³/mol. The van der Waals surface area contributed by atoms with Crippen molar-refractivity contribution in [3.8, 4) is 0 Å². The van der Waals surface area contributed by atoms with E-state index in [1.807, 2.05) is 34.4 Å². The standard InChI is InChI=1S/C21H26N4O2S/c1-13-5-8-28-19(13)21(27)24-11-15-10-22-25(18(15)12-24)16-3-6-23(7-4-16)20(26)17-9-14(17)2/h5,8,10,14,16-17H,3-4,6-7,9,11-12H2,1-2H3/t14-,17-/m1/s1. The Labute approximate surface area is 169 Å². The molecule has 0 spiro atoms.